The molecule has 1 N–H and O–H groups in total. The summed E-state index contributed by atoms with van der Waals surface area (Å²) < 4.78 is 7.21. The van der Waals surface area contributed by atoms with Crippen LogP contribution in [0.3, 0.4) is 0 Å². The van der Waals surface area contributed by atoms with Crippen LogP contribution in [0.25, 0.3) is 21.7 Å². The van der Waals surface area contributed by atoms with Gasteiger partial charge in [0.1, 0.15) is 5.57 Å². The average Bonchev–Trinajstić information content (AvgIpc) is 3.11. The zero-order valence-electron chi connectivity index (χ0n) is 15.4. The molecule has 5 heteroatoms. The first-order valence-corrected chi connectivity index (χ1v) is 9.09. The molecule has 2 aromatic carbocycles. The predicted molar refractivity (Wildman–Crippen MR) is 106 cm³/mol. The predicted octanol–water partition coefficient (Wildman–Crippen LogP) is 3.72. The van der Waals surface area contributed by atoms with E-state index in [0.717, 1.165) is 27.5 Å². The minimum Gasteiger partial charge on any atom is -0.462 e. The molecule has 4 rings (SSSR count). The Morgan fingerprint density at radius 2 is 2.07 bits per heavy atom. The number of aromatic nitrogens is 1. The number of carbonyl (C=O) groups is 1. The van der Waals surface area contributed by atoms with Gasteiger partial charge in [0.05, 0.1) is 19.8 Å². The molecule has 1 aromatic heterocycles. The molecule has 0 bridgehead atoms. The third-order valence-electron chi connectivity index (χ3n) is 4.98. The zero-order valence-corrected chi connectivity index (χ0v) is 15.4. The molecule has 1 atom stereocenters. The number of hydrogen-bond acceptors (Lipinski definition) is 3. The average molecular weight is 371 g/mol. The van der Waals surface area contributed by atoms with E-state index in [2.05, 4.69) is 4.85 Å². The van der Waals surface area contributed by atoms with Crippen LogP contribution in [-0.4, -0.2) is 17.7 Å². The lowest BCUT2D eigenvalue weighted by Gasteiger charge is -2.14. The van der Waals surface area contributed by atoms with E-state index in [1.807, 2.05) is 59.4 Å². The van der Waals surface area contributed by atoms with E-state index in [1.54, 1.807) is 13.0 Å². The number of nitrogens with zero attached hydrogens (tertiary/aromatic N) is 2. The summed E-state index contributed by atoms with van der Waals surface area (Å²) in [5.41, 5.74) is 3.58. The standard InChI is InChI=1S/C23H19N2O3/c1-3-28-23(27)21-10-15-8-9-18(24-2)11-20(15)22(21)25-12-16-6-4-5-7-19(16)17(13-25)14-26/h4-13,22,26H,3,14H2,1H3/q+1. The molecule has 0 saturated carbocycles. The Balaban J connectivity index is 1.93. The summed E-state index contributed by atoms with van der Waals surface area (Å²) >= 11 is 0. The lowest BCUT2D eigenvalue weighted by atomic mass is 10.0. The van der Waals surface area contributed by atoms with Gasteiger partial charge in [0.2, 0.25) is 6.04 Å². The van der Waals surface area contributed by atoms with E-state index >= 15 is 0 Å². The van der Waals surface area contributed by atoms with Gasteiger partial charge in [0.15, 0.2) is 18.1 Å². The second kappa shape index (κ2) is 7.26. The fraction of sp³-hybridized carbons (Fsp3) is 0.174. The van der Waals surface area contributed by atoms with Gasteiger partial charge < -0.3 is 9.84 Å². The molecule has 0 spiro atoms. The molecular formula is C23H19N2O3+. The van der Waals surface area contributed by atoms with Crippen LogP contribution < -0.4 is 4.57 Å². The quantitative estimate of drug-likeness (QED) is 0.432. The Hall–Kier alpha value is -3.49. The van der Waals surface area contributed by atoms with E-state index < -0.39 is 6.04 Å². The highest BCUT2D eigenvalue weighted by atomic mass is 16.5. The van der Waals surface area contributed by atoms with Gasteiger partial charge in [0.25, 0.3) is 0 Å². The summed E-state index contributed by atoms with van der Waals surface area (Å²) in [7, 11) is 0. The van der Waals surface area contributed by atoms with E-state index in [4.69, 9.17) is 11.3 Å². The van der Waals surface area contributed by atoms with Crippen molar-refractivity contribution in [2.75, 3.05) is 6.61 Å². The van der Waals surface area contributed by atoms with E-state index in [0.29, 0.717) is 11.3 Å². The molecule has 1 aliphatic rings. The van der Waals surface area contributed by atoms with Crippen LogP contribution in [0, 0.1) is 6.57 Å². The van der Waals surface area contributed by atoms with Crippen molar-refractivity contribution >= 4 is 28.5 Å². The van der Waals surface area contributed by atoms with Crippen molar-refractivity contribution in [3.05, 3.63) is 88.5 Å². The number of ether oxygens (including phenoxy) is 1. The van der Waals surface area contributed by atoms with Crippen molar-refractivity contribution in [2.45, 2.75) is 19.6 Å². The van der Waals surface area contributed by atoms with Crippen LogP contribution in [0.4, 0.5) is 5.69 Å². The highest BCUT2D eigenvalue weighted by Gasteiger charge is 2.38. The largest absolute Gasteiger partial charge is 0.462 e. The maximum atomic E-state index is 12.7. The summed E-state index contributed by atoms with van der Waals surface area (Å²) in [5, 5.41) is 11.8. The van der Waals surface area contributed by atoms with E-state index in [1.165, 1.54) is 0 Å². The molecule has 0 saturated heterocycles. The van der Waals surface area contributed by atoms with Crippen molar-refractivity contribution < 1.29 is 19.2 Å². The van der Waals surface area contributed by atoms with Gasteiger partial charge in [0, 0.05) is 16.5 Å². The molecule has 0 aliphatic heterocycles. The summed E-state index contributed by atoms with van der Waals surface area (Å²) in [6, 6.07) is 12.8. The number of rotatable bonds is 4. The van der Waals surface area contributed by atoms with Crippen LogP contribution >= 0.6 is 0 Å². The fourth-order valence-corrected chi connectivity index (χ4v) is 3.74. The summed E-state index contributed by atoms with van der Waals surface area (Å²) in [6.07, 6.45) is 5.65. The summed E-state index contributed by atoms with van der Waals surface area (Å²) in [5.74, 6) is -0.376. The van der Waals surface area contributed by atoms with Crippen LogP contribution in [-0.2, 0) is 16.1 Å². The Labute approximate surface area is 162 Å². The van der Waals surface area contributed by atoms with Gasteiger partial charge in [-0.1, -0.05) is 30.3 Å². The highest BCUT2D eigenvalue weighted by Crippen LogP contribution is 2.37. The molecule has 3 aromatic rings. The lowest BCUT2D eigenvalue weighted by molar-refractivity contribution is -0.703. The Morgan fingerprint density at radius 1 is 1.25 bits per heavy atom. The second-order valence-electron chi connectivity index (χ2n) is 6.62. The first-order valence-electron chi connectivity index (χ1n) is 9.09. The van der Waals surface area contributed by atoms with E-state index in [-0.39, 0.29) is 19.2 Å². The molecule has 28 heavy (non-hydrogen) atoms. The molecule has 5 nitrogen and oxygen atoms in total. The first kappa shape index (κ1) is 17.9. The van der Waals surface area contributed by atoms with Crippen molar-refractivity contribution in [1.82, 2.24) is 0 Å². The van der Waals surface area contributed by atoms with Crippen LogP contribution in [0.2, 0.25) is 0 Å². The SMILES string of the molecule is [C-]#[N+]c1ccc2c(c1)C([n+]1cc(CO)c3ccccc3c1)C(C(=O)OCC)=C2. The number of fused-ring (bicyclic) bond motifs is 2. The molecule has 1 heterocycles. The first-order chi connectivity index (χ1) is 13.7. The number of hydrogen-bond donors (Lipinski definition) is 1. The fourth-order valence-electron chi connectivity index (χ4n) is 3.74. The minimum absolute atomic E-state index is 0.110. The highest BCUT2D eigenvalue weighted by molar-refractivity contribution is 5.98. The maximum absolute atomic E-state index is 12.7. The van der Waals surface area contributed by atoms with Gasteiger partial charge in [-0.25, -0.2) is 9.64 Å². The van der Waals surface area contributed by atoms with Gasteiger partial charge in [-0.3, -0.25) is 0 Å². The number of aliphatic hydroxyl groups excluding tert-OH is 1. The molecule has 0 radical (unpaired) electrons. The second-order valence-corrected chi connectivity index (χ2v) is 6.62. The van der Waals surface area contributed by atoms with Crippen molar-refractivity contribution in [1.29, 1.82) is 0 Å². The molecule has 0 fully saturated rings. The number of aliphatic hydroxyl groups is 1. The van der Waals surface area contributed by atoms with Gasteiger partial charge in [-0.2, -0.15) is 4.57 Å². The molecule has 1 unspecified atom stereocenters. The minimum atomic E-state index is -0.411. The van der Waals surface area contributed by atoms with Crippen molar-refractivity contribution in [2.24, 2.45) is 0 Å². The number of carbonyl (C=O) groups excluding carboxylic acids is 1. The van der Waals surface area contributed by atoms with Crippen molar-refractivity contribution in [3.8, 4) is 0 Å². The molecular weight excluding hydrogens is 352 g/mol. The van der Waals surface area contributed by atoms with Crippen molar-refractivity contribution in [3.63, 3.8) is 0 Å². The van der Waals surface area contributed by atoms with Crippen LogP contribution in [0.15, 0.2) is 60.4 Å². The zero-order chi connectivity index (χ0) is 19.7. The Kier molecular flexibility index (Phi) is 4.64. The molecule has 1 aliphatic carbocycles. The summed E-state index contributed by atoms with van der Waals surface area (Å²) in [4.78, 5) is 16.2. The van der Waals surface area contributed by atoms with Crippen LogP contribution in [0.1, 0.15) is 29.7 Å². The maximum Gasteiger partial charge on any atom is 0.341 e. The number of benzene rings is 2. The van der Waals surface area contributed by atoms with E-state index in [9.17, 15) is 9.90 Å². The monoisotopic (exact) mass is 371 g/mol. The number of pyridine rings is 1. The third-order valence-corrected chi connectivity index (χ3v) is 4.98. The normalized spacial score (nSPS) is 15.0. The van der Waals surface area contributed by atoms with Gasteiger partial charge in [-0.05, 0) is 36.1 Å². The van der Waals surface area contributed by atoms with Crippen LogP contribution in [0.5, 0.6) is 0 Å². The third kappa shape index (κ3) is 2.94. The van der Waals surface area contributed by atoms with Gasteiger partial charge >= 0.3 is 5.97 Å². The molecule has 0 amide bonds. The topological polar surface area (TPSA) is 54.8 Å². The Bertz CT molecular complexity index is 1160. The smallest absolute Gasteiger partial charge is 0.341 e. The molecule has 138 valence electrons. The Morgan fingerprint density at radius 3 is 2.82 bits per heavy atom. The lowest BCUT2D eigenvalue weighted by Crippen LogP contribution is -2.42. The van der Waals surface area contributed by atoms with Gasteiger partial charge in [-0.15, -0.1) is 0 Å². The number of esters is 1. The summed E-state index contributed by atoms with van der Waals surface area (Å²) in [6.45, 7) is 9.28.